The van der Waals surface area contributed by atoms with Gasteiger partial charge in [-0.3, -0.25) is 9.78 Å². The third kappa shape index (κ3) is 3.16. The van der Waals surface area contributed by atoms with Crippen molar-refractivity contribution in [2.24, 2.45) is 0 Å². The number of nitrogens with one attached hydrogen (secondary N) is 1. The maximum atomic E-state index is 13.1. The predicted octanol–water partition coefficient (Wildman–Crippen LogP) is 4.67. The molecule has 1 atom stereocenters. The molecule has 1 aliphatic rings. The molecule has 0 saturated heterocycles. The lowest BCUT2D eigenvalue weighted by molar-refractivity contribution is 0.102. The van der Waals surface area contributed by atoms with E-state index >= 15 is 0 Å². The van der Waals surface area contributed by atoms with Crippen molar-refractivity contribution in [3.05, 3.63) is 83.8 Å². The lowest BCUT2D eigenvalue weighted by Crippen LogP contribution is -2.27. The van der Waals surface area contributed by atoms with E-state index in [4.69, 9.17) is 0 Å². The Morgan fingerprint density at radius 1 is 1.07 bits per heavy atom. The molecule has 6 heteroatoms. The van der Waals surface area contributed by atoms with Crippen LogP contribution in [0.5, 0.6) is 0 Å². The second-order valence-corrected chi connectivity index (χ2v) is 7.58. The summed E-state index contributed by atoms with van der Waals surface area (Å²) in [5, 5.41) is 3.94. The minimum absolute atomic E-state index is 0.224. The number of aryl methyl sites for hydroxylation is 1. The van der Waals surface area contributed by atoms with E-state index < -0.39 is 0 Å². The van der Waals surface area contributed by atoms with Crippen molar-refractivity contribution in [2.45, 2.75) is 26.3 Å². The summed E-state index contributed by atoms with van der Waals surface area (Å²) in [5.74, 6) is 0.272. The number of hydrogen-bond acceptors (Lipinski definition) is 5. The molecule has 4 aromatic rings. The van der Waals surface area contributed by atoms with Crippen LogP contribution in [0.2, 0.25) is 0 Å². The van der Waals surface area contributed by atoms with Gasteiger partial charge in [0.25, 0.3) is 5.91 Å². The summed E-state index contributed by atoms with van der Waals surface area (Å²) in [4.78, 5) is 28.8. The van der Waals surface area contributed by atoms with Gasteiger partial charge in [-0.15, -0.1) is 0 Å². The van der Waals surface area contributed by atoms with Crippen molar-refractivity contribution in [3.8, 4) is 0 Å². The maximum Gasteiger partial charge on any atom is 0.274 e. The summed E-state index contributed by atoms with van der Waals surface area (Å²) >= 11 is 0. The van der Waals surface area contributed by atoms with Crippen molar-refractivity contribution in [1.29, 1.82) is 0 Å². The van der Waals surface area contributed by atoms with E-state index in [0.29, 0.717) is 17.3 Å². The molecule has 30 heavy (non-hydrogen) atoms. The minimum Gasteiger partial charge on any atom is -0.319 e. The average Bonchev–Trinajstić information content (AvgIpc) is 3.09. The van der Waals surface area contributed by atoms with Gasteiger partial charge in [-0.25, -0.2) is 9.97 Å². The first-order valence-corrected chi connectivity index (χ1v) is 9.98. The highest BCUT2D eigenvalue weighted by molar-refractivity contribution is 6.07. The number of carbonyl (C=O) groups excluding carboxylic acids is 1. The number of benzene rings is 2. The number of rotatable bonds is 3. The van der Waals surface area contributed by atoms with Gasteiger partial charge < -0.3 is 10.2 Å². The van der Waals surface area contributed by atoms with Crippen LogP contribution < -0.4 is 10.2 Å². The molecule has 6 nitrogen and oxygen atoms in total. The van der Waals surface area contributed by atoms with E-state index in [0.717, 1.165) is 28.7 Å². The molecule has 0 spiro atoms. The smallest absolute Gasteiger partial charge is 0.274 e. The zero-order valence-corrected chi connectivity index (χ0v) is 16.8. The fourth-order valence-corrected chi connectivity index (χ4v) is 4.04. The Kier molecular flexibility index (Phi) is 4.39. The van der Waals surface area contributed by atoms with Gasteiger partial charge in [0.1, 0.15) is 5.69 Å². The van der Waals surface area contributed by atoms with E-state index in [-0.39, 0.29) is 11.9 Å². The van der Waals surface area contributed by atoms with Gasteiger partial charge in [-0.2, -0.15) is 0 Å². The number of pyridine rings is 1. The molecule has 148 valence electrons. The molecular formula is C24H21N5O. The summed E-state index contributed by atoms with van der Waals surface area (Å²) in [6, 6.07) is 19.8. The van der Waals surface area contributed by atoms with Crippen molar-refractivity contribution in [2.75, 3.05) is 10.2 Å². The molecule has 3 heterocycles. The Morgan fingerprint density at radius 3 is 2.80 bits per heavy atom. The standard InChI is InChI=1S/C24H21N5O/c1-15-13-20(23(30)27-19-10-5-8-17-9-6-12-25-22(17)19)28-24(26-15)29-16(2)14-18-7-3-4-11-21(18)29/h3-13,16H,14H2,1-2H3,(H,27,30). The SMILES string of the molecule is Cc1cc(C(=O)Nc2cccc3cccnc23)nc(N2c3ccccc3CC2C)n1. The molecule has 1 amide bonds. The fraction of sp³-hybridized carbons (Fsp3) is 0.167. The number of carbonyl (C=O) groups is 1. The summed E-state index contributed by atoms with van der Waals surface area (Å²) in [5.41, 5.74) is 4.86. The zero-order chi connectivity index (χ0) is 20.7. The summed E-state index contributed by atoms with van der Waals surface area (Å²) < 4.78 is 0. The molecular weight excluding hydrogens is 374 g/mol. The number of para-hydroxylation sites is 2. The van der Waals surface area contributed by atoms with Gasteiger partial charge in [0.05, 0.1) is 11.2 Å². The molecule has 0 fully saturated rings. The summed E-state index contributed by atoms with van der Waals surface area (Å²) in [7, 11) is 0. The van der Waals surface area contributed by atoms with E-state index in [9.17, 15) is 4.79 Å². The van der Waals surface area contributed by atoms with Crippen LogP contribution in [0, 0.1) is 6.92 Å². The normalized spacial score (nSPS) is 15.3. The maximum absolute atomic E-state index is 13.1. The quantitative estimate of drug-likeness (QED) is 0.546. The highest BCUT2D eigenvalue weighted by Gasteiger charge is 2.29. The van der Waals surface area contributed by atoms with E-state index in [1.165, 1.54) is 5.56 Å². The number of fused-ring (bicyclic) bond motifs is 2. The van der Waals surface area contributed by atoms with Gasteiger partial charge in [0, 0.05) is 29.0 Å². The van der Waals surface area contributed by atoms with Gasteiger partial charge in [0.15, 0.2) is 0 Å². The van der Waals surface area contributed by atoms with Crippen LogP contribution >= 0.6 is 0 Å². The minimum atomic E-state index is -0.278. The van der Waals surface area contributed by atoms with Crippen molar-refractivity contribution in [3.63, 3.8) is 0 Å². The summed E-state index contributed by atoms with van der Waals surface area (Å²) in [6.45, 7) is 4.03. The molecule has 5 rings (SSSR count). The Hall–Kier alpha value is -3.80. The molecule has 0 radical (unpaired) electrons. The number of nitrogens with zero attached hydrogens (tertiary/aromatic N) is 4. The van der Waals surface area contributed by atoms with Crippen molar-refractivity contribution in [1.82, 2.24) is 15.0 Å². The third-order valence-corrected chi connectivity index (χ3v) is 5.38. The lowest BCUT2D eigenvalue weighted by Gasteiger charge is -2.23. The second kappa shape index (κ2) is 7.22. The Labute approximate surface area is 174 Å². The lowest BCUT2D eigenvalue weighted by atomic mass is 10.1. The topological polar surface area (TPSA) is 71.0 Å². The van der Waals surface area contributed by atoms with Crippen molar-refractivity contribution < 1.29 is 4.79 Å². The Balaban J connectivity index is 1.50. The van der Waals surface area contributed by atoms with Crippen LogP contribution in [0.3, 0.4) is 0 Å². The highest BCUT2D eigenvalue weighted by Crippen LogP contribution is 2.36. The molecule has 1 aliphatic heterocycles. The van der Waals surface area contributed by atoms with Gasteiger partial charge in [-0.05, 0) is 50.1 Å². The number of anilines is 3. The monoisotopic (exact) mass is 395 g/mol. The first-order chi connectivity index (χ1) is 14.6. The van der Waals surface area contributed by atoms with E-state index in [2.05, 4.69) is 44.2 Å². The van der Waals surface area contributed by atoms with E-state index in [1.54, 1.807) is 12.3 Å². The molecule has 2 aromatic heterocycles. The highest BCUT2D eigenvalue weighted by atomic mass is 16.1. The van der Waals surface area contributed by atoms with Gasteiger partial charge in [0.2, 0.25) is 5.95 Å². The van der Waals surface area contributed by atoms with E-state index in [1.807, 2.05) is 49.4 Å². The van der Waals surface area contributed by atoms with Crippen LogP contribution in [0.15, 0.2) is 66.9 Å². The van der Waals surface area contributed by atoms with Crippen LogP contribution in [-0.4, -0.2) is 26.9 Å². The van der Waals surface area contributed by atoms with Crippen LogP contribution in [0.4, 0.5) is 17.3 Å². The molecule has 1 unspecified atom stereocenters. The Bertz CT molecular complexity index is 1260. The third-order valence-electron chi connectivity index (χ3n) is 5.38. The average molecular weight is 395 g/mol. The fourth-order valence-electron chi connectivity index (χ4n) is 4.04. The van der Waals surface area contributed by atoms with Crippen LogP contribution in [-0.2, 0) is 6.42 Å². The molecule has 0 bridgehead atoms. The second-order valence-electron chi connectivity index (χ2n) is 7.58. The first kappa shape index (κ1) is 18.2. The Morgan fingerprint density at radius 2 is 1.90 bits per heavy atom. The molecule has 0 saturated carbocycles. The number of amides is 1. The largest absolute Gasteiger partial charge is 0.319 e. The van der Waals surface area contributed by atoms with Gasteiger partial charge in [-0.1, -0.05) is 36.4 Å². The van der Waals surface area contributed by atoms with Crippen LogP contribution in [0.1, 0.15) is 28.7 Å². The van der Waals surface area contributed by atoms with Crippen LogP contribution in [0.25, 0.3) is 10.9 Å². The summed E-state index contributed by atoms with van der Waals surface area (Å²) in [6.07, 6.45) is 2.65. The number of hydrogen-bond donors (Lipinski definition) is 1. The number of aromatic nitrogens is 3. The zero-order valence-electron chi connectivity index (χ0n) is 16.8. The molecule has 2 aromatic carbocycles. The molecule has 1 N–H and O–H groups in total. The van der Waals surface area contributed by atoms with Crippen molar-refractivity contribution >= 4 is 34.1 Å². The molecule has 0 aliphatic carbocycles. The van der Waals surface area contributed by atoms with Gasteiger partial charge >= 0.3 is 0 Å². The predicted molar refractivity (Wildman–Crippen MR) is 118 cm³/mol. The first-order valence-electron chi connectivity index (χ1n) is 9.98.